The lowest BCUT2D eigenvalue weighted by atomic mass is 10.0. The fourth-order valence-electron chi connectivity index (χ4n) is 2.67. The number of hydrogen-bond donors (Lipinski definition) is 2. The molecule has 1 saturated heterocycles. The molecule has 0 spiro atoms. The van der Waals surface area contributed by atoms with Crippen LogP contribution in [-0.2, 0) is 16.0 Å². The molecular formula is C19H14BrClN2O4. The summed E-state index contributed by atoms with van der Waals surface area (Å²) in [5.41, 5.74) is 2.22. The number of rotatable bonds is 4. The molecule has 2 aromatic carbocycles. The first-order valence-electron chi connectivity index (χ1n) is 7.87. The minimum Gasteiger partial charge on any atom is -0.496 e. The van der Waals surface area contributed by atoms with E-state index in [1.807, 2.05) is 34.9 Å². The van der Waals surface area contributed by atoms with Crippen molar-refractivity contribution in [2.45, 2.75) is 6.42 Å². The van der Waals surface area contributed by atoms with Gasteiger partial charge in [0.25, 0.3) is 11.8 Å². The normalized spacial score (nSPS) is 13.9. The van der Waals surface area contributed by atoms with E-state index in [1.165, 1.54) is 13.2 Å². The molecule has 0 unspecified atom stereocenters. The van der Waals surface area contributed by atoms with Gasteiger partial charge in [0.2, 0.25) is 0 Å². The Labute approximate surface area is 168 Å². The zero-order chi connectivity index (χ0) is 19.6. The first-order chi connectivity index (χ1) is 12.9. The fraction of sp³-hybridized carbons (Fsp3) is 0.105. The van der Waals surface area contributed by atoms with Gasteiger partial charge < -0.3 is 4.74 Å². The third kappa shape index (κ3) is 4.20. The molecule has 0 aliphatic carbocycles. The third-order valence-electron chi connectivity index (χ3n) is 3.98. The van der Waals surface area contributed by atoms with Crippen molar-refractivity contribution in [3.63, 3.8) is 0 Å². The predicted octanol–water partition coefficient (Wildman–Crippen LogP) is 3.45. The summed E-state index contributed by atoms with van der Waals surface area (Å²) in [5.74, 6) is -0.929. The number of nitrogens with one attached hydrogen (secondary N) is 2. The number of ether oxygens (including phenoxy) is 1. The summed E-state index contributed by atoms with van der Waals surface area (Å²) in [6, 6.07) is 10.1. The van der Waals surface area contributed by atoms with E-state index in [0.29, 0.717) is 22.8 Å². The van der Waals surface area contributed by atoms with Gasteiger partial charge >= 0.3 is 6.03 Å². The average molecular weight is 450 g/mol. The van der Waals surface area contributed by atoms with Gasteiger partial charge in [0.05, 0.1) is 7.11 Å². The van der Waals surface area contributed by atoms with Crippen LogP contribution in [0.25, 0.3) is 6.08 Å². The van der Waals surface area contributed by atoms with E-state index in [-0.39, 0.29) is 5.57 Å². The molecule has 0 saturated carbocycles. The Bertz CT molecular complexity index is 966. The lowest BCUT2D eigenvalue weighted by Gasteiger charge is -2.15. The first kappa shape index (κ1) is 19.1. The zero-order valence-electron chi connectivity index (χ0n) is 14.1. The molecule has 6 nitrogen and oxygen atoms in total. The van der Waals surface area contributed by atoms with Crippen LogP contribution in [0.1, 0.15) is 16.7 Å². The molecule has 0 radical (unpaired) electrons. The number of halogens is 2. The molecule has 0 atom stereocenters. The minimum atomic E-state index is -0.837. The van der Waals surface area contributed by atoms with Crippen molar-refractivity contribution in [2.24, 2.45) is 0 Å². The largest absolute Gasteiger partial charge is 0.496 e. The summed E-state index contributed by atoms with van der Waals surface area (Å²) in [7, 11) is 1.54. The summed E-state index contributed by atoms with van der Waals surface area (Å²) < 4.78 is 6.22. The highest BCUT2D eigenvalue weighted by atomic mass is 79.9. The molecule has 1 fully saturated rings. The zero-order valence-corrected chi connectivity index (χ0v) is 16.5. The molecule has 27 heavy (non-hydrogen) atoms. The quantitative estimate of drug-likeness (QED) is 0.553. The van der Waals surface area contributed by atoms with Gasteiger partial charge in [0.1, 0.15) is 11.3 Å². The van der Waals surface area contributed by atoms with Crippen LogP contribution in [0.15, 0.2) is 46.4 Å². The van der Waals surface area contributed by atoms with Gasteiger partial charge in [-0.1, -0.05) is 45.7 Å². The molecule has 8 heteroatoms. The molecular weight excluding hydrogens is 436 g/mol. The van der Waals surface area contributed by atoms with Crippen LogP contribution < -0.4 is 15.4 Å². The van der Waals surface area contributed by atoms with Crippen LogP contribution in [-0.4, -0.2) is 25.0 Å². The van der Waals surface area contributed by atoms with E-state index in [1.54, 1.807) is 12.1 Å². The third-order valence-corrected chi connectivity index (χ3v) is 5.05. The van der Waals surface area contributed by atoms with Gasteiger partial charge in [-0.2, -0.15) is 0 Å². The van der Waals surface area contributed by atoms with E-state index < -0.39 is 17.8 Å². The SMILES string of the molecule is COc1cc(C=C2C(=O)NC(=O)NC2=O)cc(Br)c1Cc1ccccc1Cl. The van der Waals surface area contributed by atoms with Crippen LogP contribution in [0, 0.1) is 0 Å². The molecule has 138 valence electrons. The lowest BCUT2D eigenvalue weighted by Crippen LogP contribution is -2.51. The van der Waals surface area contributed by atoms with E-state index in [4.69, 9.17) is 16.3 Å². The molecule has 0 bridgehead atoms. The Morgan fingerprint density at radius 3 is 2.41 bits per heavy atom. The molecule has 2 aromatic rings. The van der Waals surface area contributed by atoms with Gasteiger partial charge in [0, 0.05) is 21.5 Å². The van der Waals surface area contributed by atoms with Crippen LogP contribution >= 0.6 is 27.5 Å². The number of urea groups is 1. The average Bonchev–Trinajstić information content (AvgIpc) is 2.61. The van der Waals surface area contributed by atoms with E-state index in [2.05, 4.69) is 15.9 Å². The Morgan fingerprint density at radius 2 is 1.78 bits per heavy atom. The second-order valence-corrected chi connectivity index (χ2v) is 7.01. The summed E-state index contributed by atoms with van der Waals surface area (Å²) in [4.78, 5) is 34.9. The fourth-order valence-corrected chi connectivity index (χ4v) is 3.48. The van der Waals surface area contributed by atoms with Crippen molar-refractivity contribution in [1.29, 1.82) is 0 Å². The van der Waals surface area contributed by atoms with Crippen molar-refractivity contribution < 1.29 is 19.1 Å². The number of benzene rings is 2. The number of hydrogen-bond acceptors (Lipinski definition) is 4. The Morgan fingerprint density at radius 1 is 1.11 bits per heavy atom. The maximum absolute atomic E-state index is 11.9. The Kier molecular flexibility index (Phi) is 5.62. The van der Waals surface area contributed by atoms with Crippen molar-refractivity contribution in [3.05, 3.63) is 68.2 Å². The van der Waals surface area contributed by atoms with Crippen molar-refractivity contribution >= 4 is 51.5 Å². The van der Waals surface area contributed by atoms with Gasteiger partial charge in [-0.25, -0.2) is 4.79 Å². The standard InChI is InChI=1S/C19H14BrClN2O4/c1-27-16-8-10(6-13-17(24)22-19(26)23-18(13)25)7-14(20)12(16)9-11-4-2-3-5-15(11)21/h2-8H,9H2,1H3,(H2,22,23,24,25,26). The second-order valence-electron chi connectivity index (χ2n) is 5.75. The first-order valence-corrected chi connectivity index (χ1v) is 9.04. The van der Waals surface area contributed by atoms with E-state index >= 15 is 0 Å². The Hall–Kier alpha value is -2.64. The smallest absolute Gasteiger partial charge is 0.328 e. The molecule has 3 rings (SSSR count). The highest BCUT2D eigenvalue weighted by Gasteiger charge is 2.27. The van der Waals surface area contributed by atoms with E-state index in [0.717, 1.165) is 15.6 Å². The summed E-state index contributed by atoms with van der Waals surface area (Å²) in [5, 5.41) is 4.73. The van der Waals surface area contributed by atoms with Gasteiger partial charge in [-0.05, 0) is 35.4 Å². The predicted molar refractivity (Wildman–Crippen MR) is 105 cm³/mol. The van der Waals surface area contributed by atoms with Gasteiger partial charge in [0.15, 0.2) is 0 Å². The molecule has 1 aliphatic heterocycles. The van der Waals surface area contributed by atoms with Crippen LogP contribution in [0.2, 0.25) is 5.02 Å². The molecule has 2 N–H and O–H groups in total. The molecule has 1 aliphatic rings. The second kappa shape index (κ2) is 7.94. The molecule has 0 aromatic heterocycles. The van der Waals surface area contributed by atoms with Crippen LogP contribution in [0.4, 0.5) is 4.79 Å². The maximum Gasteiger partial charge on any atom is 0.328 e. The van der Waals surface area contributed by atoms with Crippen molar-refractivity contribution in [1.82, 2.24) is 10.6 Å². The van der Waals surface area contributed by atoms with Crippen LogP contribution in [0.5, 0.6) is 5.75 Å². The van der Waals surface area contributed by atoms with Crippen LogP contribution in [0.3, 0.4) is 0 Å². The van der Waals surface area contributed by atoms with Gasteiger partial charge in [-0.15, -0.1) is 0 Å². The number of amides is 4. The number of carbonyl (C=O) groups is 3. The highest BCUT2D eigenvalue weighted by Crippen LogP contribution is 2.33. The monoisotopic (exact) mass is 448 g/mol. The number of barbiturate groups is 1. The molecule has 1 heterocycles. The number of imide groups is 2. The minimum absolute atomic E-state index is 0.164. The lowest BCUT2D eigenvalue weighted by molar-refractivity contribution is -0.123. The summed E-state index contributed by atoms with van der Waals surface area (Å²) in [6.45, 7) is 0. The van der Waals surface area contributed by atoms with Crippen molar-refractivity contribution in [3.8, 4) is 5.75 Å². The van der Waals surface area contributed by atoms with Gasteiger partial charge in [-0.3, -0.25) is 20.2 Å². The topological polar surface area (TPSA) is 84.5 Å². The molecule has 4 amide bonds. The Balaban J connectivity index is 1.98. The highest BCUT2D eigenvalue weighted by molar-refractivity contribution is 9.10. The van der Waals surface area contributed by atoms with E-state index in [9.17, 15) is 14.4 Å². The number of carbonyl (C=O) groups excluding carboxylic acids is 3. The summed E-state index contributed by atoms with van der Waals surface area (Å²) in [6.07, 6.45) is 1.93. The number of methoxy groups -OCH3 is 1. The maximum atomic E-state index is 11.9. The van der Waals surface area contributed by atoms with Crippen molar-refractivity contribution in [2.75, 3.05) is 7.11 Å². The summed E-state index contributed by atoms with van der Waals surface area (Å²) >= 11 is 9.76.